The third-order valence-electron chi connectivity index (χ3n) is 4.70. The van der Waals surface area contributed by atoms with Crippen molar-refractivity contribution < 1.29 is 22.7 Å². The number of anilines is 1. The third kappa shape index (κ3) is 3.03. The van der Waals surface area contributed by atoms with Crippen LogP contribution >= 0.6 is 0 Å². The smallest absolute Gasteiger partial charge is 0.304 e. The van der Waals surface area contributed by atoms with Crippen molar-refractivity contribution in [1.29, 1.82) is 0 Å². The Balaban J connectivity index is 1.72. The van der Waals surface area contributed by atoms with E-state index in [-0.39, 0.29) is 23.5 Å². The fraction of sp³-hybridized carbons (Fsp3) is 0.158. The van der Waals surface area contributed by atoms with Gasteiger partial charge in [-0.2, -0.15) is 5.10 Å². The summed E-state index contributed by atoms with van der Waals surface area (Å²) in [5.41, 5.74) is 1.26. The molecule has 1 aliphatic rings. The van der Waals surface area contributed by atoms with Gasteiger partial charge >= 0.3 is 5.97 Å². The molecule has 7 nitrogen and oxygen atoms in total. The van der Waals surface area contributed by atoms with Crippen LogP contribution in [0.25, 0.3) is 5.69 Å². The van der Waals surface area contributed by atoms with E-state index in [0.29, 0.717) is 11.3 Å². The maximum Gasteiger partial charge on any atom is 0.304 e. The Hall–Kier alpha value is -3.20. The molecule has 1 N–H and O–H groups in total. The van der Waals surface area contributed by atoms with Crippen molar-refractivity contribution in [1.82, 2.24) is 9.78 Å². The van der Waals surface area contributed by atoms with E-state index in [1.807, 2.05) is 0 Å². The number of nitrogens with zero attached hydrogens (tertiary/aromatic N) is 3. The molecule has 0 spiro atoms. The molecule has 0 saturated carbocycles. The van der Waals surface area contributed by atoms with Gasteiger partial charge in [0.25, 0.3) is 10.0 Å². The molecule has 0 fully saturated rings. The summed E-state index contributed by atoms with van der Waals surface area (Å²) in [6, 6.07) is 12.8. The van der Waals surface area contributed by atoms with E-state index in [2.05, 4.69) is 5.10 Å². The lowest BCUT2D eigenvalue weighted by Crippen LogP contribution is -2.30. The zero-order valence-electron chi connectivity index (χ0n) is 14.6. The summed E-state index contributed by atoms with van der Waals surface area (Å²) < 4.78 is 42.7. The molecule has 1 atom stereocenters. The maximum atomic E-state index is 14.0. The number of sulfonamides is 1. The van der Waals surface area contributed by atoms with E-state index in [9.17, 15) is 17.6 Å². The summed E-state index contributed by atoms with van der Waals surface area (Å²) in [7, 11) is -3.99. The van der Waals surface area contributed by atoms with E-state index in [1.54, 1.807) is 30.3 Å². The molecular formula is C19H16FN3O4S. The summed E-state index contributed by atoms with van der Waals surface area (Å²) >= 11 is 0. The molecule has 1 unspecified atom stereocenters. The number of carboxylic acid groups (broad SMARTS) is 1. The molecule has 0 amide bonds. The number of halogens is 1. The van der Waals surface area contributed by atoms with Gasteiger partial charge in [-0.1, -0.05) is 30.3 Å². The highest BCUT2D eigenvalue weighted by Crippen LogP contribution is 2.41. The molecule has 2 heterocycles. The molecule has 0 aliphatic carbocycles. The second-order valence-electron chi connectivity index (χ2n) is 6.46. The van der Waals surface area contributed by atoms with Crippen LogP contribution < -0.4 is 4.31 Å². The van der Waals surface area contributed by atoms with Crippen molar-refractivity contribution in [2.75, 3.05) is 10.8 Å². The van der Waals surface area contributed by atoms with Crippen molar-refractivity contribution in [3.63, 3.8) is 0 Å². The summed E-state index contributed by atoms with van der Waals surface area (Å²) in [5, 5.41) is 13.1. The van der Waals surface area contributed by atoms with Crippen molar-refractivity contribution in [2.45, 2.75) is 17.2 Å². The topological polar surface area (TPSA) is 92.5 Å². The second-order valence-corrected chi connectivity index (χ2v) is 8.32. The quantitative estimate of drug-likeness (QED) is 0.710. The Morgan fingerprint density at radius 2 is 1.82 bits per heavy atom. The van der Waals surface area contributed by atoms with Crippen molar-refractivity contribution in [3.05, 3.63) is 72.3 Å². The van der Waals surface area contributed by atoms with Gasteiger partial charge in [-0.3, -0.25) is 9.10 Å². The van der Waals surface area contributed by atoms with Crippen LogP contribution in [0.5, 0.6) is 0 Å². The van der Waals surface area contributed by atoms with E-state index < -0.39 is 27.7 Å². The van der Waals surface area contributed by atoms with Crippen molar-refractivity contribution in [2.24, 2.45) is 0 Å². The molecule has 4 rings (SSSR count). The van der Waals surface area contributed by atoms with Gasteiger partial charge in [-0.05, 0) is 23.8 Å². The van der Waals surface area contributed by atoms with Crippen LogP contribution in [0.2, 0.25) is 0 Å². The number of carboxylic acids is 1. The summed E-state index contributed by atoms with van der Waals surface area (Å²) in [5.74, 6) is -1.96. The van der Waals surface area contributed by atoms with Crippen LogP contribution in [0, 0.1) is 5.82 Å². The van der Waals surface area contributed by atoms with Gasteiger partial charge < -0.3 is 5.11 Å². The average Bonchev–Trinajstić information content (AvgIpc) is 3.28. The van der Waals surface area contributed by atoms with Crippen LogP contribution in [-0.4, -0.2) is 35.8 Å². The number of rotatable bonds is 5. The van der Waals surface area contributed by atoms with Crippen LogP contribution in [0.3, 0.4) is 0 Å². The first-order valence-corrected chi connectivity index (χ1v) is 9.95. The molecule has 28 heavy (non-hydrogen) atoms. The molecule has 1 aromatic heterocycles. The molecule has 1 aliphatic heterocycles. The highest BCUT2D eigenvalue weighted by molar-refractivity contribution is 7.92. The zero-order valence-corrected chi connectivity index (χ0v) is 15.4. The Labute approximate surface area is 160 Å². The Kier molecular flexibility index (Phi) is 4.38. The first kappa shape index (κ1) is 18.2. The third-order valence-corrected chi connectivity index (χ3v) is 6.43. The normalized spacial score (nSPS) is 16.2. The molecular weight excluding hydrogens is 385 g/mol. The highest BCUT2D eigenvalue weighted by Gasteiger charge is 2.37. The summed E-state index contributed by atoms with van der Waals surface area (Å²) in [4.78, 5) is 11.1. The van der Waals surface area contributed by atoms with Gasteiger partial charge in [0, 0.05) is 12.5 Å². The number of carbonyl (C=O) groups is 1. The molecule has 9 heteroatoms. The van der Waals surface area contributed by atoms with E-state index >= 15 is 0 Å². The zero-order chi connectivity index (χ0) is 19.9. The van der Waals surface area contributed by atoms with Gasteiger partial charge in [0.1, 0.15) is 16.4 Å². The van der Waals surface area contributed by atoms with E-state index in [0.717, 1.165) is 6.20 Å². The van der Waals surface area contributed by atoms with Gasteiger partial charge in [-0.25, -0.2) is 17.5 Å². The average molecular weight is 401 g/mol. The number of benzene rings is 2. The molecule has 144 valence electrons. The second kappa shape index (κ2) is 6.75. The number of para-hydroxylation sites is 2. The predicted octanol–water partition coefficient (Wildman–Crippen LogP) is 2.78. The van der Waals surface area contributed by atoms with E-state index in [4.69, 9.17) is 5.11 Å². The Morgan fingerprint density at radius 1 is 1.14 bits per heavy atom. The fourth-order valence-electron chi connectivity index (χ4n) is 3.41. The minimum absolute atomic E-state index is 0.0266. The highest BCUT2D eigenvalue weighted by atomic mass is 32.2. The molecule has 2 aromatic carbocycles. The van der Waals surface area contributed by atoms with Gasteiger partial charge in [0.15, 0.2) is 0 Å². The van der Waals surface area contributed by atoms with Crippen LogP contribution in [0.1, 0.15) is 17.9 Å². The van der Waals surface area contributed by atoms with Gasteiger partial charge in [0.05, 0.1) is 24.5 Å². The first-order chi connectivity index (χ1) is 13.4. The number of fused-ring (bicyclic) bond motifs is 1. The van der Waals surface area contributed by atoms with Crippen LogP contribution in [-0.2, 0) is 14.8 Å². The Bertz CT molecular complexity index is 1160. The molecule has 3 aromatic rings. The number of hydrogen-bond donors (Lipinski definition) is 1. The lowest BCUT2D eigenvalue weighted by molar-refractivity contribution is -0.137. The lowest BCUT2D eigenvalue weighted by atomic mass is 9.98. The monoisotopic (exact) mass is 401 g/mol. The molecule has 0 bridgehead atoms. The minimum Gasteiger partial charge on any atom is -0.481 e. The predicted molar refractivity (Wildman–Crippen MR) is 99.5 cm³/mol. The molecule has 0 saturated heterocycles. The number of aliphatic carboxylic acids is 1. The SMILES string of the molecule is O=C(O)CC1CN(S(=O)(=O)c2cnn(-c3ccccc3F)c2)c2ccccc21. The standard InChI is InChI=1S/C19H16FN3O4S/c20-16-6-2-4-8-18(16)22-12-14(10-21-22)28(26,27)23-11-13(9-19(24)25)15-5-1-3-7-17(15)23/h1-8,10,12-13H,9,11H2,(H,24,25). The minimum atomic E-state index is -3.99. The van der Waals surface area contributed by atoms with Crippen LogP contribution in [0.15, 0.2) is 65.8 Å². The van der Waals surface area contributed by atoms with Gasteiger partial charge in [0.2, 0.25) is 0 Å². The van der Waals surface area contributed by atoms with Gasteiger partial charge in [-0.15, -0.1) is 0 Å². The summed E-state index contributed by atoms with van der Waals surface area (Å²) in [6.07, 6.45) is 2.24. The largest absolute Gasteiger partial charge is 0.481 e. The Morgan fingerprint density at radius 3 is 2.54 bits per heavy atom. The maximum absolute atomic E-state index is 14.0. The summed E-state index contributed by atoms with van der Waals surface area (Å²) in [6.45, 7) is 0.0266. The number of hydrogen-bond acceptors (Lipinski definition) is 4. The van der Waals surface area contributed by atoms with E-state index in [1.165, 1.54) is 33.4 Å². The molecule has 0 radical (unpaired) electrons. The lowest BCUT2D eigenvalue weighted by Gasteiger charge is -2.18. The van der Waals surface area contributed by atoms with Crippen molar-refractivity contribution >= 4 is 21.7 Å². The van der Waals surface area contributed by atoms with Crippen LogP contribution in [0.4, 0.5) is 10.1 Å². The first-order valence-electron chi connectivity index (χ1n) is 8.51. The number of aromatic nitrogens is 2. The fourth-order valence-corrected chi connectivity index (χ4v) is 4.87. The van der Waals surface area contributed by atoms with Crippen molar-refractivity contribution in [3.8, 4) is 5.69 Å².